The Morgan fingerprint density at radius 1 is 0.955 bits per heavy atom. The van der Waals surface area contributed by atoms with Gasteiger partial charge in [0.25, 0.3) is 5.91 Å². The number of para-hydroxylation sites is 1. The third kappa shape index (κ3) is 1.92. The Hall–Kier alpha value is -2.88. The fraction of sp³-hybridized carbons (Fsp3) is 0.111. The number of aromatic nitrogens is 1. The van der Waals surface area contributed by atoms with Gasteiger partial charge < -0.3 is 9.88 Å². The SMILES string of the molecule is O=C1c2[nH]c3ccccc3c(=O)c2CN1Cc1ccccc1. The van der Waals surface area contributed by atoms with Crippen molar-refractivity contribution in [2.45, 2.75) is 13.1 Å². The monoisotopic (exact) mass is 290 g/mol. The van der Waals surface area contributed by atoms with Crippen molar-refractivity contribution in [2.75, 3.05) is 0 Å². The number of nitrogens with zero attached hydrogens (tertiary/aromatic N) is 1. The summed E-state index contributed by atoms with van der Waals surface area (Å²) in [7, 11) is 0. The van der Waals surface area contributed by atoms with Crippen LogP contribution in [0.15, 0.2) is 59.4 Å². The van der Waals surface area contributed by atoms with Gasteiger partial charge in [-0.1, -0.05) is 42.5 Å². The highest BCUT2D eigenvalue weighted by molar-refractivity contribution is 5.99. The molecule has 0 saturated heterocycles. The molecule has 0 bridgehead atoms. The second-order valence-electron chi connectivity index (χ2n) is 5.50. The van der Waals surface area contributed by atoms with Gasteiger partial charge in [-0.3, -0.25) is 9.59 Å². The van der Waals surface area contributed by atoms with Crippen LogP contribution < -0.4 is 5.43 Å². The van der Waals surface area contributed by atoms with E-state index in [1.807, 2.05) is 48.5 Å². The zero-order valence-electron chi connectivity index (χ0n) is 11.9. The highest BCUT2D eigenvalue weighted by atomic mass is 16.2. The Bertz CT molecular complexity index is 929. The summed E-state index contributed by atoms with van der Waals surface area (Å²) in [5.41, 5.74) is 2.72. The predicted molar refractivity (Wildman–Crippen MR) is 84.6 cm³/mol. The number of carbonyl (C=O) groups excluding carboxylic acids is 1. The van der Waals surface area contributed by atoms with Gasteiger partial charge >= 0.3 is 0 Å². The van der Waals surface area contributed by atoms with Gasteiger partial charge in [-0.15, -0.1) is 0 Å². The summed E-state index contributed by atoms with van der Waals surface area (Å²) >= 11 is 0. The summed E-state index contributed by atoms with van der Waals surface area (Å²) in [4.78, 5) is 29.9. The Labute approximate surface area is 127 Å². The van der Waals surface area contributed by atoms with E-state index in [4.69, 9.17) is 0 Å². The molecule has 4 rings (SSSR count). The molecule has 2 heterocycles. The average molecular weight is 290 g/mol. The normalized spacial score (nSPS) is 13.6. The molecule has 1 aliphatic rings. The molecule has 22 heavy (non-hydrogen) atoms. The molecule has 0 radical (unpaired) electrons. The number of fused-ring (bicyclic) bond motifs is 2. The van der Waals surface area contributed by atoms with Crippen molar-refractivity contribution in [3.8, 4) is 0 Å². The molecule has 1 aromatic heterocycles. The fourth-order valence-electron chi connectivity index (χ4n) is 2.96. The number of H-pyrrole nitrogens is 1. The molecule has 4 nitrogen and oxygen atoms in total. The van der Waals surface area contributed by atoms with E-state index < -0.39 is 0 Å². The van der Waals surface area contributed by atoms with E-state index in [0.29, 0.717) is 35.2 Å². The first-order valence-corrected chi connectivity index (χ1v) is 7.21. The predicted octanol–water partition coefficient (Wildman–Crippen LogP) is 2.68. The lowest BCUT2D eigenvalue weighted by molar-refractivity contribution is 0.0762. The molecule has 0 spiro atoms. The van der Waals surface area contributed by atoms with Crippen molar-refractivity contribution in [3.63, 3.8) is 0 Å². The van der Waals surface area contributed by atoms with Gasteiger partial charge in [-0.2, -0.15) is 0 Å². The van der Waals surface area contributed by atoms with E-state index in [1.165, 1.54) is 0 Å². The number of pyridine rings is 1. The van der Waals surface area contributed by atoms with Crippen LogP contribution in [0.4, 0.5) is 0 Å². The molecule has 0 atom stereocenters. The molecular formula is C18H14N2O2. The van der Waals surface area contributed by atoms with Gasteiger partial charge in [0.1, 0.15) is 5.69 Å². The number of amides is 1. The topological polar surface area (TPSA) is 53.2 Å². The fourth-order valence-corrected chi connectivity index (χ4v) is 2.96. The molecule has 108 valence electrons. The first-order chi connectivity index (χ1) is 10.7. The van der Waals surface area contributed by atoms with Crippen molar-refractivity contribution in [3.05, 3.63) is 81.6 Å². The third-order valence-corrected chi connectivity index (χ3v) is 4.07. The highest BCUT2D eigenvalue weighted by Crippen LogP contribution is 2.22. The number of aromatic amines is 1. The van der Waals surface area contributed by atoms with Gasteiger partial charge in [-0.25, -0.2) is 0 Å². The quantitative estimate of drug-likeness (QED) is 0.789. The maximum absolute atomic E-state index is 12.6. The largest absolute Gasteiger partial charge is 0.350 e. The molecule has 2 aromatic carbocycles. The van der Waals surface area contributed by atoms with Crippen LogP contribution in [0.5, 0.6) is 0 Å². The standard InChI is InChI=1S/C18H14N2O2/c21-17-13-8-4-5-9-15(13)19-16-14(17)11-20(18(16)22)10-12-6-2-1-3-7-12/h1-9H,10-11H2,(H,19,21). The molecule has 0 saturated carbocycles. The summed E-state index contributed by atoms with van der Waals surface area (Å²) in [5.74, 6) is -0.110. The maximum atomic E-state index is 12.6. The molecule has 0 aliphatic carbocycles. The number of nitrogens with one attached hydrogen (secondary N) is 1. The Morgan fingerprint density at radius 3 is 2.50 bits per heavy atom. The second-order valence-corrected chi connectivity index (χ2v) is 5.50. The minimum Gasteiger partial charge on any atom is -0.350 e. The zero-order chi connectivity index (χ0) is 15.1. The maximum Gasteiger partial charge on any atom is 0.271 e. The summed E-state index contributed by atoms with van der Waals surface area (Å²) < 4.78 is 0. The van der Waals surface area contributed by atoms with E-state index in [9.17, 15) is 9.59 Å². The number of carbonyl (C=O) groups is 1. The molecule has 1 amide bonds. The third-order valence-electron chi connectivity index (χ3n) is 4.07. The van der Waals surface area contributed by atoms with Crippen LogP contribution in [0.1, 0.15) is 21.6 Å². The Kier molecular flexibility index (Phi) is 2.82. The minimum atomic E-state index is -0.110. The minimum absolute atomic E-state index is 0.0479. The summed E-state index contributed by atoms with van der Waals surface area (Å²) in [6, 6.07) is 17.1. The van der Waals surface area contributed by atoms with E-state index in [-0.39, 0.29) is 11.3 Å². The second kappa shape index (κ2) is 4.84. The van der Waals surface area contributed by atoms with Crippen LogP contribution in [0.2, 0.25) is 0 Å². The van der Waals surface area contributed by atoms with Crippen LogP contribution in [0.3, 0.4) is 0 Å². The molecule has 0 fully saturated rings. The van der Waals surface area contributed by atoms with Crippen molar-refractivity contribution in [1.29, 1.82) is 0 Å². The summed E-state index contributed by atoms with van der Waals surface area (Å²) in [6.07, 6.45) is 0. The number of rotatable bonds is 2. The summed E-state index contributed by atoms with van der Waals surface area (Å²) in [5, 5.41) is 0.635. The smallest absolute Gasteiger partial charge is 0.271 e. The van der Waals surface area contributed by atoms with Crippen LogP contribution in [0.25, 0.3) is 10.9 Å². The molecule has 0 unspecified atom stereocenters. The van der Waals surface area contributed by atoms with Crippen molar-refractivity contribution in [1.82, 2.24) is 9.88 Å². The first-order valence-electron chi connectivity index (χ1n) is 7.21. The lowest BCUT2D eigenvalue weighted by Gasteiger charge is -2.14. The van der Waals surface area contributed by atoms with Gasteiger partial charge in [0.05, 0.1) is 6.54 Å². The molecular weight excluding hydrogens is 276 g/mol. The van der Waals surface area contributed by atoms with Crippen LogP contribution in [-0.2, 0) is 13.1 Å². The van der Waals surface area contributed by atoms with Crippen LogP contribution in [0, 0.1) is 0 Å². The zero-order valence-corrected chi connectivity index (χ0v) is 11.9. The summed E-state index contributed by atoms with van der Waals surface area (Å²) in [6.45, 7) is 0.876. The molecule has 4 heteroatoms. The van der Waals surface area contributed by atoms with E-state index in [0.717, 1.165) is 5.56 Å². The van der Waals surface area contributed by atoms with Gasteiger partial charge in [0.2, 0.25) is 0 Å². The Balaban J connectivity index is 1.77. The van der Waals surface area contributed by atoms with Crippen LogP contribution >= 0.6 is 0 Å². The highest BCUT2D eigenvalue weighted by Gasteiger charge is 2.30. The van der Waals surface area contributed by atoms with Gasteiger partial charge in [-0.05, 0) is 17.7 Å². The molecule has 1 N–H and O–H groups in total. The van der Waals surface area contributed by atoms with Gasteiger partial charge in [0, 0.05) is 23.0 Å². The first kappa shape index (κ1) is 12.8. The molecule has 1 aliphatic heterocycles. The number of hydrogen-bond donors (Lipinski definition) is 1. The van der Waals surface area contributed by atoms with Crippen molar-refractivity contribution in [2.24, 2.45) is 0 Å². The lowest BCUT2D eigenvalue weighted by Crippen LogP contribution is -2.23. The van der Waals surface area contributed by atoms with Gasteiger partial charge in [0.15, 0.2) is 5.43 Å². The average Bonchev–Trinajstić information content (AvgIpc) is 2.86. The lowest BCUT2D eigenvalue weighted by atomic mass is 10.1. The Morgan fingerprint density at radius 2 is 1.68 bits per heavy atom. The van der Waals surface area contributed by atoms with Crippen molar-refractivity contribution >= 4 is 16.8 Å². The van der Waals surface area contributed by atoms with E-state index >= 15 is 0 Å². The van der Waals surface area contributed by atoms with E-state index in [2.05, 4.69) is 4.98 Å². The van der Waals surface area contributed by atoms with Crippen molar-refractivity contribution < 1.29 is 4.79 Å². The number of benzene rings is 2. The number of hydrogen-bond acceptors (Lipinski definition) is 2. The van der Waals surface area contributed by atoms with E-state index in [1.54, 1.807) is 11.0 Å². The molecule has 3 aromatic rings. The van der Waals surface area contributed by atoms with Crippen LogP contribution in [-0.4, -0.2) is 15.8 Å².